The second-order valence-corrected chi connectivity index (χ2v) is 5.98. The van der Waals surface area contributed by atoms with Gasteiger partial charge in [-0.3, -0.25) is 4.98 Å². The number of pyridine rings is 1. The molecule has 1 heterocycles. The monoisotopic (exact) mass is 336 g/mol. The number of hydrogen-bond donors (Lipinski definition) is 1. The van der Waals surface area contributed by atoms with E-state index in [1.165, 1.54) is 11.6 Å². The maximum absolute atomic E-state index is 13.3. The van der Waals surface area contributed by atoms with Crippen molar-refractivity contribution in [2.75, 3.05) is 0 Å². The Labute approximate surface area is 147 Å². The highest BCUT2D eigenvalue weighted by Crippen LogP contribution is 2.14. The molecule has 0 fully saturated rings. The molecule has 0 saturated carbocycles. The summed E-state index contributed by atoms with van der Waals surface area (Å²) in [5.41, 5.74) is 4.02. The summed E-state index contributed by atoms with van der Waals surface area (Å²) in [5, 5.41) is 3.37. The molecule has 3 nitrogen and oxygen atoms in total. The van der Waals surface area contributed by atoms with E-state index < -0.39 is 0 Å². The number of nitrogens with one attached hydrogen (secondary N) is 1. The molecule has 0 aliphatic heterocycles. The van der Waals surface area contributed by atoms with Crippen molar-refractivity contribution in [1.29, 1.82) is 0 Å². The van der Waals surface area contributed by atoms with Crippen LogP contribution in [0.15, 0.2) is 67.0 Å². The van der Waals surface area contributed by atoms with Crippen molar-refractivity contribution in [2.45, 2.75) is 26.6 Å². The molecule has 0 atom stereocenters. The number of ether oxygens (including phenoxy) is 1. The Morgan fingerprint density at radius 3 is 2.28 bits per heavy atom. The first-order chi connectivity index (χ1) is 12.2. The minimum absolute atomic E-state index is 0.161. The molecule has 0 aliphatic carbocycles. The Hall–Kier alpha value is -2.72. The van der Waals surface area contributed by atoms with Crippen molar-refractivity contribution >= 4 is 0 Å². The molecule has 128 valence electrons. The molecule has 0 radical (unpaired) electrons. The Kier molecular flexibility index (Phi) is 5.75. The minimum atomic E-state index is -0.161. The number of benzene rings is 2. The lowest BCUT2D eigenvalue weighted by atomic mass is 10.1. The van der Waals surface area contributed by atoms with E-state index in [4.69, 9.17) is 4.74 Å². The largest absolute Gasteiger partial charge is 0.489 e. The lowest BCUT2D eigenvalue weighted by molar-refractivity contribution is 0.306. The Morgan fingerprint density at radius 1 is 0.880 bits per heavy atom. The number of aromatic nitrogens is 1. The van der Waals surface area contributed by atoms with Crippen LogP contribution in [0.25, 0.3) is 0 Å². The van der Waals surface area contributed by atoms with Gasteiger partial charge in [-0.05, 0) is 59.5 Å². The Morgan fingerprint density at radius 2 is 1.56 bits per heavy atom. The van der Waals surface area contributed by atoms with Gasteiger partial charge in [0.05, 0.1) is 0 Å². The van der Waals surface area contributed by atoms with Crippen molar-refractivity contribution in [3.05, 3.63) is 95.1 Å². The van der Waals surface area contributed by atoms with Crippen LogP contribution in [0.5, 0.6) is 5.75 Å². The van der Waals surface area contributed by atoms with Gasteiger partial charge in [-0.2, -0.15) is 0 Å². The predicted octanol–water partition coefficient (Wildman–Crippen LogP) is 4.40. The molecule has 4 heteroatoms. The summed E-state index contributed by atoms with van der Waals surface area (Å²) in [6.07, 6.45) is 3.52. The number of hydrogen-bond acceptors (Lipinski definition) is 3. The highest BCUT2D eigenvalue weighted by atomic mass is 19.1. The first-order valence-corrected chi connectivity index (χ1v) is 8.27. The maximum Gasteiger partial charge on any atom is 0.126 e. The lowest BCUT2D eigenvalue weighted by Crippen LogP contribution is -2.12. The van der Waals surface area contributed by atoms with Gasteiger partial charge in [-0.15, -0.1) is 0 Å². The Balaban J connectivity index is 1.46. The smallest absolute Gasteiger partial charge is 0.126 e. The predicted molar refractivity (Wildman–Crippen MR) is 96.7 cm³/mol. The first kappa shape index (κ1) is 17.1. The molecule has 0 bridgehead atoms. The van der Waals surface area contributed by atoms with Crippen molar-refractivity contribution in [2.24, 2.45) is 0 Å². The molecule has 0 saturated heterocycles. The molecule has 3 aromatic rings. The molecule has 1 aromatic heterocycles. The third-order valence-corrected chi connectivity index (χ3v) is 3.96. The molecule has 3 rings (SSSR count). The van der Waals surface area contributed by atoms with Crippen molar-refractivity contribution in [1.82, 2.24) is 10.3 Å². The summed E-state index contributed by atoms with van der Waals surface area (Å²) in [5.74, 6) is 0.681. The van der Waals surface area contributed by atoms with Gasteiger partial charge in [0.15, 0.2) is 0 Å². The van der Waals surface area contributed by atoms with Crippen LogP contribution in [0.4, 0.5) is 4.39 Å². The summed E-state index contributed by atoms with van der Waals surface area (Å²) < 4.78 is 19.0. The zero-order chi connectivity index (χ0) is 17.5. The van der Waals surface area contributed by atoms with Crippen LogP contribution in [-0.4, -0.2) is 4.98 Å². The SMILES string of the molecule is Cc1cc(CNCc2ccc(OCc3ccncc3)cc2)ccc1F. The number of nitrogens with zero attached hydrogens (tertiary/aromatic N) is 1. The van der Waals surface area contributed by atoms with Gasteiger partial charge < -0.3 is 10.1 Å². The summed E-state index contributed by atoms with van der Waals surface area (Å²) in [6.45, 7) is 3.77. The van der Waals surface area contributed by atoms with Crippen LogP contribution in [0, 0.1) is 12.7 Å². The zero-order valence-electron chi connectivity index (χ0n) is 14.2. The summed E-state index contributed by atoms with van der Waals surface area (Å²) >= 11 is 0. The molecule has 2 aromatic carbocycles. The van der Waals surface area contributed by atoms with Gasteiger partial charge in [0, 0.05) is 25.5 Å². The maximum atomic E-state index is 13.3. The third-order valence-electron chi connectivity index (χ3n) is 3.96. The highest BCUT2D eigenvalue weighted by molar-refractivity contribution is 5.28. The number of rotatable bonds is 7. The average molecular weight is 336 g/mol. The third kappa shape index (κ3) is 5.13. The number of halogens is 1. The van der Waals surface area contributed by atoms with E-state index in [2.05, 4.69) is 10.3 Å². The van der Waals surface area contributed by atoms with Crippen molar-refractivity contribution < 1.29 is 9.13 Å². The van der Waals surface area contributed by atoms with E-state index >= 15 is 0 Å². The molecular weight excluding hydrogens is 315 g/mol. The second-order valence-electron chi connectivity index (χ2n) is 5.98. The molecule has 0 spiro atoms. The van der Waals surface area contributed by atoms with Crippen LogP contribution >= 0.6 is 0 Å². The summed E-state index contributed by atoms with van der Waals surface area (Å²) in [6, 6.07) is 17.1. The highest BCUT2D eigenvalue weighted by Gasteiger charge is 2.00. The molecule has 25 heavy (non-hydrogen) atoms. The van der Waals surface area contributed by atoms with Gasteiger partial charge >= 0.3 is 0 Å². The summed E-state index contributed by atoms with van der Waals surface area (Å²) in [7, 11) is 0. The van der Waals surface area contributed by atoms with Gasteiger partial charge in [0.2, 0.25) is 0 Å². The van der Waals surface area contributed by atoms with Gasteiger partial charge in [-0.1, -0.05) is 24.3 Å². The van der Waals surface area contributed by atoms with Crippen LogP contribution in [-0.2, 0) is 19.7 Å². The van der Waals surface area contributed by atoms with Gasteiger partial charge in [0.1, 0.15) is 18.2 Å². The molecule has 0 aliphatic rings. The molecule has 0 amide bonds. The van der Waals surface area contributed by atoms with Crippen LogP contribution < -0.4 is 10.1 Å². The molecule has 0 unspecified atom stereocenters. The van der Waals surface area contributed by atoms with E-state index in [0.717, 1.165) is 23.4 Å². The van der Waals surface area contributed by atoms with E-state index in [-0.39, 0.29) is 5.82 Å². The normalized spacial score (nSPS) is 10.6. The van der Waals surface area contributed by atoms with E-state index in [1.807, 2.05) is 48.5 Å². The van der Waals surface area contributed by atoms with Crippen molar-refractivity contribution in [3.8, 4) is 5.75 Å². The van der Waals surface area contributed by atoms with Gasteiger partial charge in [0.25, 0.3) is 0 Å². The second kappa shape index (κ2) is 8.40. The topological polar surface area (TPSA) is 34.1 Å². The zero-order valence-corrected chi connectivity index (χ0v) is 14.2. The van der Waals surface area contributed by atoms with Crippen LogP contribution in [0.2, 0.25) is 0 Å². The lowest BCUT2D eigenvalue weighted by Gasteiger charge is -2.09. The average Bonchev–Trinajstić information content (AvgIpc) is 2.65. The Bertz CT molecular complexity index is 804. The van der Waals surface area contributed by atoms with Gasteiger partial charge in [-0.25, -0.2) is 4.39 Å². The standard InChI is InChI=1S/C21H21FN2O/c1-16-12-19(4-7-21(16)22)14-24-13-17-2-5-20(6-3-17)25-15-18-8-10-23-11-9-18/h2-12,24H,13-15H2,1H3. The van der Waals surface area contributed by atoms with Crippen LogP contribution in [0.1, 0.15) is 22.3 Å². The van der Waals surface area contributed by atoms with E-state index in [0.29, 0.717) is 18.7 Å². The van der Waals surface area contributed by atoms with E-state index in [1.54, 1.807) is 19.3 Å². The van der Waals surface area contributed by atoms with Crippen LogP contribution in [0.3, 0.4) is 0 Å². The quantitative estimate of drug-likeness (QED) is 0.694. The minimum Gasteiger partial charge on any atom is -0.489 e. The fraction of sp³-hybridized carbons (Fsp3) is 0.190. The fourth-order valence-electron chi connectivity index (χ4n) is 2.52. The summed E-state index contributed by atoms with van der Waals surface area (Å²) in [4.78, 5) is 3.99. The molecule has 1 N–H and O–H groups in total. The van der Waals surface area contributed by atoms with E-state index in [9.17, 15) is 4.39 Å². The fourth-order valence-corrected chi connectivity index (χ4v) is 2.52. The first-order valence-electron chi connectivity index (χ1n) is 8.27. The van der Waals surface area contributed by atoms with Crippen molar-refractivity contribution in [3.63, 3.8) is 0 Å². The number of aryl methyl sites for hydroxylation is 1. The molecular formula is C21H21FN2O.